The van der Waals surface area contributed by atoms with Gasteiger partial charge in [0.1, 0.15) is 5.82 Å². The Kier molecular flexibility index (Phi) is 4.19. The third-order valence-electron chi connectivity index (χ3n) is 3.88. The SMILES string of the molecule is CC1CN(c2ccc(F)cc2)CC(CCN)N1C. The fraction of sp³-hybridized carbons (Fsp3) is 0.571. The highest BCUT2D eigenvalue weighted by molar-refractivity contribution is 5.47. The van der Waals surface area contributed by atoms with Gasteiger partial charge in [0.15, 0.2) is 0 Å². The largest absolute Gasteiger partial charge is 0.368 e. The zero-order valence-electron chi connectivity index (χ0n) is 11.1. The lowest BCUT2D eigenvalue weighted by Gasteiger charge is -2.45. The van der Waals surface area contributed by atoms with Crippen molar-refractivity contribution in [1.82, 2.24) is 4.90 Å². The maximum Gasteiger partial charge on any atom is 0.123 e. The molecule has 2 rings (SSSR count). The number of rotatable bonds is 3. The molecule has 2 atom stereocenters. The maximum absolute atomic E-state index is 12.9. The summed E-state index contributed by atoms with van der Waals surface area (Å²) in [7, 11) is 2.16. The van der Waals surface area contributed by atoms with Crippen molar-refractivity contribution in [2.24, 2.45) is 5.73 Å². The van der Waals surface area contributed by atoms with E-state index in [4.69, 9.17) is 5.73 Å². The standard InChI is InChI=1S/C14H22FN3/c1-11-9-18(10-14(7-8-16)17(11)2)13-5-3-12(15)4-6-13/h3-6,11,14H,7-10,16H2,1-2H3. The van der Waals surface area contributed by atoms with Gasteiger partial charge < -0.3 is 10.6 Å². The van der Waals surface area contributed by atoms with Crippen molar-refractivity contribution in [3.63, 3.8) is 0 Å². The Morgan fingerprint density at radius 3 is 2.56 bits per heavy atom. The topological polar surface area (TPSA) is 32.5 Å². The van der Waals surface area contributed by atoms with Crippen LogP contribution in [0.1, 0.15) is 13.3 Å². The molecule has 1 aromatic rings. The number of benzene rings is 1. The van der Waals surface area contributed by atoms with Crippen molar-refractivity contribution in [2.75, 3.05) is 31.6 Å². The molecular formula is C14H22FN3. The van der Waals surface area contributed by atoms with E-state index in [9.17, 15) is 4.39 Å². The zero-order valence-corrected chi connectivity index (χ0v) is 11.1. The minimum absolute atomic E-state index is 0.181. The van der Waals surface area contributed by atoms with E-state index in [-0.39, 0.29) is 5.82 Å². The number of halogens is 1. The van der Waals surface area contributed by atoms with Gasteiger partial charge in [0.2, 0.25) is 0 Å². The monoisotopic (exact) mass is 251 g/mol. The molecule has 2 N–H and O–H groups in total. The van der Waals surface area contributed by atoms with Crippen LogP contribution in [0.5, 0.6) is 0 Å². The van der Waals surface area contributed by atoms with E-state index in [1.807, 2.05) is 12.1 Å². The number of hydrogen-bond donors (Lipinski definition) is 1. The second-order valence-corrected chi connectivity index (χ2v) is 5.13. The lowest BCUT2D eigenvalue weighted by molar-refractivity contribution is 0.152. The molecule has 0 bridgehead atoms. The third-order valence-corrected chi connectivity index (χ3v) is 3.88. The second kappa shape index (κ2) is 5.67. The first-order chi connectivity index (χ1) is 8.61. The Balaban J connectivity index is 2.12. The molecule has 2 unspecified atom stereocenters. The number of likely N-dealkylation sites (N-methyl/N-ethyl adjacent to an activating group) is 1. The first-order valence-electron chi connectivity index (χ1n) is 6.54. The number of nitrogens with two attached hydrogens (primary N) is 1. The van der Waals surface area contributed by atoms with Crippen LogP contribution in [-0.2, 0) is 0 Å². The predicted molar refractivity (Wildman–Crippen MR) is 73.3 cm³/mol. The van der Waals surface area contributed by atoms with E-state index in [1.54, 1.807) is 0 Å². The van der Waals surface area contributed by atoms with Gasteiger partial charge in [-0.25, -0.2) is 4.39 Å². The van der Waals surface area contributed by atoms with Gasteiger partial charge in [0.25, 0.3) is 0 Å². The van der Waals surface area contributed by atoms with Gasteiger partial charge in [-0.3, -0.25) is 4.90 Å². The van der Waals surface area contributed by atoms with Crippen LogP contribution in [0.2, 0.25) is 0 Å². The van der Waals surface area contributed by atoms with Crippen molar-refractivity contribution in [3.05, 3.63) is 30.1 Å². The zero-order chi connectivity index (χ0) is 13.1. The van der Waals surface area contributed by atoms with Crippen molar-refractivity contribution < 1.29 is 4.39 Å². The summed E-state index contributed by atoms with van der Waals surface area (Å²) in [5.74, 6) is -0.181. The molecule has 100 valence electrons. The normalized spacial score (nSPS) is 25.4. The van der Waals surface area contributed by atoms with Crippen LogP contribution in [0.3, 0.4) is 0 Å². The van der Waals surface area contributed by atoms with E-state index in [1.165, 1.54) is 12.1 Å². The highest BCUT2D eigenvalue weighted by Crippen LogP contribution is 2.22. The van der Waals surface area contributed by atoms with Crippen LogP contribution in [0.4, 0.5) is 10.1 Å². The molecule has 1 aliphatic heterocycles. The Hall–Kier alpha value is -1.13. The molecule has 0 radical (unpaired) electrons. The highest BCUT2D eigenvalue weighted by Gasteiger charge is 2.28. The minimum atomic E-state index is -0.181. The predicted octanol–water partition coefficient (Wildman–Crippen LogP) is 1.68. The Morgan fingerprint density at radius 1 is 1.28 bits per heavy atom. The molecule has 3 nitrogen and oxygen atoms in total. The summed E-state index contributed by atoms with van der Waals surface area (Å²) in [6, 6.07) is 7.72. The maximum atomic E-state index is 12.9. The quantitative estimate of drug-likeness (QED) is 0.887. The van der Waals surface area contributed by atoms with Gasteiger partial charge in [-0.1, -0.05) is 0 Å². The molecule has 1 fully saturated rings. The number of nitrogens with zero attached hydrogens (tertiary/aromatic N) is 2. The summed E-state index contributed by atoms with van der Waals surface area (Å²) in [6.07, 6.45) is 0.999. The smallest absolute Gasteiger partial charge is 0.123 e. The van der Waals surface area contributed by atoms with Crippen LogP contribution in [0, 0.1) is 5.82 Å². The molecule has 1 aromatic carbocycles. The lowest BCUT2D eigenvalue weighted by atomic mass is 10.0. The minimum Gasteiger partial charge on any atom is -0.368 e. The number of anilines is 1. The van der Waals surface area contributed by atoms with E-state index in [2.05, 4.69) is 23.8 Å². The molecule has 0 aromatic heterocycles. The average molecular weight is 251 g/mol. The van der Waals surface area contributed by atoms with Crippen LogP contribution in [-0.4, -0.2) is 43.7 Å². The number of piperazine rings is 1. The molecule has 0 saturated carbocycles. The Labute approximate surface area is 108 Å². The summed E-state index contributed by atoms with van der Waals surface area (Å²) < 4.78 is 12.9. The summed E-state index contributed by atoms with van der Waals surface area (Å²) in [5.41, 5.74) is 6.77. The summed E-state index contributed by atoms with van der Waals surface area (Å²) in [6.45, 7) is 4.87. The van der Waals surface area contributed by atoms with E-state index in [0.29, 0.717) is 18.6 Å². The molecule has 0 aliphatic carbocycles. The number of hydrogen-bond acceptors (Lipinski definition) is 3. The van der Waals surface area contributed by atoms with Gasteiger partial charge >= 0.3 is 0 Å². The Morgan fingerprint density at radius 2 is 1.94 bits per heavy atom. The van der Waals surface area contributed by atoms with E-state index in [0.717, 1.165) is 25.2 Å². The van der Waals surface area contributed by atoms with E-state index >= 15 is 0 Å². The van der Waals surface area contributed by atoms with Crippen LogP contribution >= 0.6 is 0 Å². The van der Waals surface area contributed by atoms with Crippen molar-refractivity contribution in [2.45, 2.75) is 25.4 Å². The summed E-state index contributed by atoms with van der Waals surface area (Å²) >= 11 is 0. The van der Waals surface area contributed by atoms with Crippen molar-refractivity contribution >= 4 is 5.69 Å². The summed E-state index contributed by atoms with van der Waals surface area (Å²) in [4.78, 5) is 4.72. The van der Waals surface area contributed by atoms with Gasteiger partial charge in [-0.2, -0.15) is 0 Å². The second-order valence-electron chi connectivity index (χ2n) is 5.13. The molecule has 0 amide bonds. The highest BCUT2D eigenvalue weighted by atomic mass is 19.1. The molecule has 1 saturated heterocycles. The molecular weight excluding hydrogens is 229 g/mol. The van der Waals surface area contributed by atoms with Crippen molar-refractivity contribution in [1.29, 1.82) is 0 Å². The van der Waals surface area contributed by atoms with E-state index < -0.39 is 0 Å². The average Bonchev–Trinajstić information content (AvgIpc) is 2.36. The first-order valence-corrected chi connectivity index (χ1v) is 6.54. The molecule has 4 heteroatoms. The molecule has 0 spiro atoms. The van der Waals surface area contributed by atoms with Gasteiger partial charge in [0, 0.05) is 30.9 Å². The van der Waals surface area contributed by atoms with Crippen molar-refractivity contribution in [3.8, 4) is 0 Å². The molecule has 1 heterocycles. The van der Waals surface area contributed by atoms with Gasteiger partial charge in [-0.05, 0) is 51.2 Å². The van der Waals surface area contributed by atoms with Crippen LogP contribution < -0.4 is 10.6 Å². The lowest BCUT2D eigenvalue weighted by Crippen LogP contribution is -2.56. The third kappa shape index (κ3) is 2.82. The fourth-order valence-corrected chi connectivity index (χ4v) is 2.62. The van der Waals surface area contributed by atoms with Crippen LogP contribution in [0.25, 0.3) is 0 Å². The van der Waals surface area contributed by atoms with Gasteiger partial charge in [-0.15, -0.1) is 0 Å². The summed E-state index contributed by atoms with van der Waals surface area (Å²) in [5, 5.41) is 0. The van der Waals surface area contributed by atoms with Gasteiger partial charge in [0.05, 0.1) is 0 Å². The fourth-order valence-electron chi connectivity index (χ4n) is 2.62. The molecule has 18 heavy (non-hydrogen) atoms. The first kappa shape index (κ1) is 13.3. The molecule has 1 aliphatic rings. The Bertz CT molecular complexity index is 379. The van der Waals surface area contributed by atoms with Crippen LogP contribution in [0.15, 0.2) is 24.3 Å².